The molecule has 20 heavy (non-hydrogen) atoms. The molecule has 2 atom stereocenters. The normalized spacial score (nSPS) is 23.4. The molecule has 0 amide bonds. The van der Waals surface area contributed by atoms with E-state index in [-0.39, 0.29) is 5.56 Å². The van der Waals surface area contributed by atoms with Gasteiger partial charge in [0.15, 0.2) is 0 Å². The molecule has 0 aliphatic carbocycles. The minimum atomic E-state index is -0.617. The summed E-state index contributed by atoms with van der Waals surface area (Å²) in [5, 5.41) is 8.82. The zero-order chi connectivity index (χ0) is 14.7. The minimum Gasteiger partial charge on any atom is -0.301 e. The predicted octanol–water partition coefficient (Wildman–Crippen LogP) is 0.386. The smallest absolute Gasteiger partial charge is 0.301 e. The Morgan fingerprint density at radius 3 is 2.55 bits per heavy atom. The average Bonchev–Trinajstić information content (AvgIpc) is 2.36. The van der Waals surface area contributed by atoms with Crippen molar-refractivity contribution in [1.29, 1.82) is 5.26 Å². The summed E-state index contributed by atoms with van der Waals surface area (Å²) < 4.78 is 1.41. The molecule has 0 bridgehead atoms. The van der Waals surface area contributed by atoms with Crippen LogP contribution in [0.25, 0.3) is 0 Å². The first kappa shape index (κ1) is 14.5. The van der Waals surface area contributed by atoms with E-state index in [9.17, 15) is 9.59 Å². The highest BCUT2D eigenvalue weighted by Gasteiger charge is 2.21. The first-order valence-electron chi connectivity index (χ1n) is 6.95. The fraction of sp³-hybridized carbons (Fsp3) is 0.643. The number of aromatic amines is 1. The van der Waals surface area contributed by atoms with Gasteiger partial charge in [0.25, 0.3) is 5.56 Å². The summed E-state index contributed by atoms with van der Waals surface area (Å²) in [6.07, 6.45) is 2.59. The lowest BCUT2D eigenvalue weighted by molar-refractivity contribution is 0.136. The number of nitrogens with zero attached hydrogens (tertiary/aromatic N) is 3. The maximum Gasteiger partial charge on any atom is 0.328 e. The molecule has 1 aromatic rings. The summed E-state index contributed by atoms with van der Waals surface area (Å²) >= 11 is 0. The molecule has 0 radical (unpaired) electrons. The summed E-state index contributed by atoms with van der Waals surface area (Å²) in [6, 6.07) is 1.80. The number of nitrogens with one attached hydrogen (secondary N) is 1. The SMILES string of the molecule is C[C@@H]1C[C@H](C)CN(CCn2cc(C#N)c(=O)[nH]c2=O)C1. The summed E-state index contributed by atoms with van der Waals surface area (Å²) in [4.78, 5) is 27.5. The Labute approximate surface area is 117 Å². The van der Waals surface area contributed by atoms with E-state index in [1.54, 1.807) is 6.07 Å². The Balaban J connectivity index is 2.06. The van der Waals surface area contributed by atoms with Crippen molar-refractivity contribution in [3.8, 4) is 6.07 Å². The molecule has 1 fully saturated rings. The Morgan fingerprint density at radius 2 is 1.95 bits per heavy atom. The summed E-state index contributed by atoms with van der Waals surface area (Å²) in [5.74, 6) is 1.33. The minimum absolute atomic E-state index is 0.0232. The van der Waals surface area contributed by atoms with Gasteiger partial charge >= 0.3 is 5.69 Å². The summed E-state index contributed by atoms with van der Waals surface area (Å²) in [6.45, 7) is 7.79. The van der Waals surface area contributed by atoms with Crippen molar-refractivity contribution in [3.05, 3.63) is 32.6 Å². The molecule has 6 heteroatoms. The quantitative estimate of drug-likeness (QED) is 0.865. The second-order valence-corrected chi connectivity index (χ2v) is 5.81. The molecule has 1 aliphatic heterocycles. The van der Waals surface area contributed by atoms with E-state index in [1.807, 2.05) is 0 Å². The highest BCUT2D eigenvalue weighted by molar-refractivity contribution is 5.21. The Hall–Kier alpha value is -1.87. The van der Waals surface area contributed by atoms with Crippen molar-refractivity contribution in [1.82, 2.24) is 14.5 Å². The van der Waals surface area contributed by atoms with Gasteiger partial charge in [0, 0.05) is 32.4 Å². The van der Waals surface area contributed by atoms with Crippen molar-refractivity contribution < 1.29 is 0 Å². The Bertz CT molecular complexity index is 615. The van der Waals surface area contributed by atoms with Crippen LogP contribution in [0.4, 0.5) is 0 Å². The predicted molar refractivity (Wildman–Crippen MR) is 75.4 cm³/mol. The average molecular weight is 276 g/mol. The lowest BCUT2D eigenvalue weighted by atomic mass is 9.92. The molecule has 2 rings (SSSR count). The molecule has 2 heterocycles. The van der Waals surface area contributed by atoms with Crippen LogP contribution in [0.5, 0.6) is 0 Å². The maximum atomic E-state index is 11.7. The largest absolute Gasteiger partial charge is 0.328 e. The molecule has 0 spiro atoms. The van der Waals surface area contributed by atoms with Gasteiger partial charge in [-0.3, -0.25) is 14.3 Å². The molecule has 6 nitrogen and oxygen atoms in total. The first-order chi connectivity index (χ1) is 9.49. The van der Waals surface area contributed by atoms with Crippen molar-refractivity contribution >= 4 is 0 Å². The van der Waals surface area contributed by atoms with E-state index in [1.165, 1.54) is 17.2 Å². The van der Waals surface area contributed by atoms with Gasteiger partial charge in [-0.1, -0.05) is 13.8 Å². The van der Waals surface area contributed by atoms with Crippen LogP contribution in [0.15, 0.2) is 15.8 Å². The topological polar surface area (TPSA) is 81.9 Å². The fourth-order valence-corrected chi connectivity index (χ4v) is 2.98. The van der Waals surface area contributed by atoms with Crippen LogP contribution in [-0.2, 0) is 6.54 Å². The van der Waals surface area contributed by atoms with Crippen LogP contribution in [-0.4, -0.2) is 34.1 Å². The maximum absolute atomic E-state index is 11.7. The van der Waals surface area contributed by atoms with Crippen LogP contribution >= 0.6 is 0 Å². The lowest BCUT2D eigenvalue weighted by Gasteiger charge is -2.34. The van der Waals surface area contributed by atoms with Crippen molar-refractivity contribution in [2.24, 2.45) is 11.8 Å². The van der Waals surface area contributed by atoms with Crippen LogP contribution in [0.3, 0.4) is 0 Å². The molecule has 1 aliphatic rings. The number of aromatic nitrogens is 2. The second-order valence-electron chi connectivity index (χ2n) is 5.81. The Kier molecular flexibility index (Phi) is 4.40. The number of H-pyrrole nitrogens is 1. The molecular weight excluding hydrogens is 256 g/mol. The second kappa shape index (κ2) is 6.06. The zero-order valence-electron chi connectivity index (χ0n) is 11.9. The van der Waals surface area contributed by atoms with Crippen molar-refractivity contribution in [2.45, 2.75) is 26.8 Å². The number of nitriles is 1. The van der Waals surface area contributed by atoms with E-state index >= 15 is 0 Å². The van der Waals surface area contributed by atoms with Crippen molar-refractivity contribution in [3.63, 3.8) is 0 Å². The van der Waals surface area contributed by atoms with Gasteiger partial charge in [-0.25, -0.2) is 4.79 Å². The van der Waals surface area contributed by atoms with E-state index in [0.29, 0.717) is 18.4 Å². The number of piperidine rings is 1. The number of hydrogen-bond donors (Lipinski definition) is 1. The first-order valence-corrected chi connectivity index (χ1v) is 6.95. The standard InChI is InChI=1S/C14H20N4O2/c1-10-5-11(2)8-17(7-10)3-4-18-9-12(6-15)13(19)16-14(18)20/h9-11H,3-5,7-8H2,1-2H3,(H,16,19,20)/t10-,11+. The van der Waals surface area contributed by atoms with Gasteiger partial charge < -0.3 is 4.90 Å². The zero-order valence-corrected chi connectivity index (χ0v) is 11.9. The number of rotatable bonds is 3. The van der Waals surface area contributed by atoms with Gasteiger partial charge in [0.1, 0.15) is 11.6 Å². The van der Waals surface area contributed by atoms with E-state index in [2.05, 4.69) is 23.7 Å². The molecule has 108 valence electrons. The van der Waals surface area contributed by atoms with Gasteiger partial charge in [0.2, 0.25) is 0 Å². The molecule has 0 aromatic carbocycles. The van der Waals surface area contributed by atoms with Crippen LogP contribution in [0.2, 0.25) is 0 Å². The van der Waals surface area contributed by atoms with Gasteiger partial charge in [0.05, 0.1) is 0 Å². The van der Waals surface area contributed by atoms with Gasteiger partial charge in [-0.15, -0.1) is 0 Å². The molecule has 1 aromatic heterocycles. The summed E-state index contributed by atoms with van der Waals surface area (Å²) in [7, 11) is 0. The number of likely N-dealkylation sites (tertiary alicyclic amines) is 1. The fourth-order valence-electron chi connectivity index (χ4n) is 2.98. The van der Waals surface area contributed by atoms with Gasteiger partial charge in [-0.05, 0) is 18.3 Å². The lowest BCUT2D eigenvalue weighted by Crippen LogP contribution is -2.42. The van der Waals surface area contributed by atoms with Gasteiger partial charge in [-0.2, -0.15) is 5.26 Å². The third kappa shape index (κ3) is 3.36. The number of hydrogen-bond acceptors (Lipinski definition) is 4. The van der Waals surface area contributed by atoms with Crippen LogP contribution in [0.1, 0.15) is 25.8 Å². The summed E-state index contributed by atoms with van der Waals surface area (Å²) in [5.41, 5.74) is -1.09. The van der Waals surface area contributed by atoms with E-state index in [0.717, 1.165) is 19.6 Å². The Morgan fingerprint density at radius 1 is 1.30 bits per heavy atom. The third-order valence-corrected chi connectivity index (χ3v) is 3.73. The molecule has 0 saturated carbocycles. The molecule has 0 unspecified atom stereocenters. The van der Waals surface area contributed by atoms with Crippen LogP contribution in [0, 0.1) is 23.2 Å². The van der Waals surface area contributed by atoms with E-state index < -0.39 is 11.2 Å². The van der Waals surface area contributed by atoms with Crippen LogP contribution < -0.4 is 11.2 Å². The van der Waals surface area contributed by atoms with E-state index in [4.69, 9.17) is 5.26 Å². The highest BCUT2D eigenvalue weighted by Crippen LogP contribution is 2.20. The molecular formula is C14H20N4O2. The molecule has 1 N–H and O–H groups in total. The molecule has 1 saturated heterocycles. The highest BCUT2D eigenvalue weighted by atomic mass is 16.2. The third-order valence-electron chi connectivity index (χ3n) is 3.73. The van der Waals surface area contributed by atoms with Crippen molar-refractivity contribution in [2.75, 3.05) is 19.6 Å². The monoisotopic (exact) mass is 276 g/mol.